The summed E-state index contributed by atoms with van der Waals surface area (Å²) in [6.45, 7) is 5.17. The van der Waals surface area contributed by atoms with Gasteiger partial charge in [-0.05, 0) is 26.5 Å². The van der Waals surface area contributed by atoms with Gasteiger partial charge in [-0.15, -0.1) is 11.3 Å². The van der Waals surface area contributed by atoms with E-state index >= 15 is 0 Å². The molecule has 2 rings (SSSR count). The Morgan fingerprint density at radius 3 is 2.81 bits per heavy atom. The Hall–Kier alpha value is -1.57. The molecule has 0 spiro atoms. The Morgan fingerprint density at radius 2 is 2.14 bits per heavy atom. The highest BCUT2D eigenvalue weighted by atomic mass is 32.1. The lowest BCUT2D eigenvalue weighted by Gasteiger charge is -2.12. The van der Waals surface area contributed by atoms with E-state index in [-0.39, 0.29) is 12.2 Å². The second-order valence-corrected chi connectivity index (χ2v) is 5.98. The second-order valence-electron chi connectivity index (χ2n) is 5.12. The van der Waals surface area contributed by atoms with Crippen LogP contribution in [0.1, 0.15) is 17.0 Å². The van der Waals surface area contributed by atoms with Gasteiger partial charge in [-0.2, -0.15) is 5.10 Å². The molecule has 0 aromatic carbocycles. The Kier molecular flexibility index (Phi) is 4.87. The number of aliphatic hydroxyl groups excluding tert-OH is 1. The molecule has 0 saturated carbocycles. The highest BCUT2D eigenvalue weighted by Crippen LogP contribution is 2.25. The highest BCUT2D eigenvalue weighted by molar-refractivity contribution is 7.13. The van der Waals surface area contributed by atoms with Crippen molar-refractivity contribution < 1.29 is 5.11 Å². The number of hydrogen-bond donors (Lipinski definition) is 1. The van der Waals surface area contributed by atoms with Crippen LogP contribution in [0.5, 0.6) is 0 Å². The quantitative estimate of drug-likeness (QED) is 0.890. The lowest BCUT2D eigenvalue weighted by molar-refractivity contribution is 0.216. The fourth-order valence-electron chi connectivity index (χ4n) is 2.12. The van der Waals surface area contributed by atoms with E-state index in [2.05, 4.69) is 10.1 Å². The lowest BCUT2D eigenvalue weighted by Crippen LogP contribution is -2.24. The molecule has 0 radical (unpaired) electrons. The third-order valence-corrected chi connectivity index (χ3v) is 4.31. The third kappa shape index (κ3) is 3.37. The first-order valence-corrected chi connectivity index (χ1v) is 7.60. The van der Waals surface area contributed by atoms with Gasteiger partial charge in [-0.25, -0.2) is 9.67 Å². The van der Waals surface area contributed by atoms with E-state index < -0.39 is 0 Å². The van der Waals surface area contributed by atoms with Crippen LogP contribution in [-0.4, -0.2) is 45.0 Å². The van der Waals surface area contributed by atoms with Crippen LogP contribution in [0.2, 0.25) is 0 Å². The minimum absolute atomic E-state index is 0.122. The first-order valence-electron chi connectivity index (χ1n) is 6.72. The molecule has 2 aromatic rings. The van der Waals surface area contributed by atoms with Gasteiger partial charge in [0.15, 0.2) is 0 Å². The second kappa shape index (κ2) is 6.46. The average molecular weight is 308 g/mol. The van der Waals surface area contributed by atoms with Crippen molar-refractivity contribution >= 4 is 11.3 Å². The normalized spacial score (nSPS) is 11.3. The van der Waals surface area contributed by atoms with E-state index in [1.54, 1.807) is 7.05 Å². The molecule has 0 saturated heterocycles. The maximum atomic E-state index is 12.3. The maximum Gasteiger partial charge on any atom is 0.277 e. The van der Waals surface area contributed by atoms with Gasteiger partial charge in [0.2, 0.25) is 0 Å². The molecule has 0 fully saturated rings. The molecule has 2 heterocycles. The summed E-state index contributed by atoms with van der Waals surface area (Å²) in [5.74, 6) is 0. The van der Waals surface area contributed by atoms with Crippen molar-refractivity contribution in [2.45, 2.75) is 20.4 Å². The highest BCUT2D eigenvalue weighted by Gasteiger charge is 2.16. The largest absolute Gasteiger partial charge is 0.395 e. The number of nitrogens with zero attached hydrogens (tertiary/aromatic N) is 4. The number of rotatable bonds is 5. The first kappa shape index (κ1) is 15.8. The number of aliphatic hydroxyl groups is 1. The van der Waals surface area contributed by atoms with Crippen LogP contribution < -0.4 is 5.56 Å². The molecule has 1 N–H and O–H groups in total. The van der Waals surface area contributed by atoms with Crippen molar-refractivity contribution in [3.8, 4) is 10.6 Å². The maximum absolute atomic E-state index is 12.3. The predicted molar refractivity (Wildman–Crippen MR) is 83.5 cm³/mol. The van der Waals surface area contributed by atoms with E-state index in [4.69, 9.17) is 5.11 Å². The smallest absolute Gasteiger partial charge is 0.277 e. The monoisotopic (exact) mass is 308 g/mol. The summed E-state index contributed by atoms with van der Waals surface area (Å²) in [5, 5.41) is 15.8. The molecule has 0 aliphatic rings. The molecule has 0 aliphatic carbocycles. The molecule has 0 amide bonds. The van der Waals surface area contributed by atoms with Gasteiger partial charge in [0.05, 0.1) is 23.6 Å². The third-order valence-electron chi connectivity index (χ3n) is 3.40. The van der Waals surface area contributed by atoms with Crippen LogP contribution in [0.15, 0.2) is 10.2 Å². The van der Waals surface area contributed by atoms with Crippen LogP contribution >= 0.6 is 11.3 Å². The fraction of sp³-hybridized carbons (Fsp3) is 0.500. The summed E-state index contributed by atoms with van der Waals surface area (Å²) in [6, 6.07) is 0. The van der Waals surface area contributed by atoms with Crippen molar-refractivity contribution in [2.75, 3.05) is 20.2 Å². The molecular weight excluding hydrogens is 288 g/mol. The average Bonchev–Trinajstić information content (AvgIpc) is 2.85. The van der Waals surface area contributed by atoms with Crippen molar-refractivity contribution in [1.29, 1.82) is 0 Å². The molecule has 114 valence electrons. The summed E-state index contributed by atoms with van der Waals surface area (Å²) in [6.07, 6.45) is 0. The van der Waals surface area contributed by atoms with E-state index in [0.717, 1.165) is 22.0 Å². The van der Waals surface area contributed by atoms with Gasteiger partial charge in [0.25, 0.3) is 5.56 Å². The zero-order valence-corrected chi connectivity index (χ0v) is 13.6. The fourth-order valence-corrected chi connectivity index (χ4v) is 3.02. The number of thiazole rings is 1. The van der Waals surface area contributed by atoms with Crippen LogP contribution in [-0.2, 0) is 13.6 Å². The zero-order chi connectivity index (χ0) is 15.6. The van der Waals surface area contributed by atoms with Gasteiger partial charge < -0.3 is 5.11 Å². The lowest BCUT2D eigenvalue weighted by atomic mass is 10.1. The SMILES string of the molecule is Cc1nn(C)c(=O)c(-c2nc(CN(C)CCO)cs2)c1C. The van der Waals surface area contributed by atoms with Crippen LogP contribution in [0, 0.1) is 13.8 Å². The summed E-state index contributed by atoms with van der Waals surface area (Å²) in [4.78, 5) is 18.8. The van der Waals surface area contributed by atoms with Crippen molar-refractivity contribution in [3.05, 3.63) is 32.7 Å². The van der Waals surface area contributed by atoms with Crippen molar-refractivity contribution in [1.82, 2.24) is 19.7 Å². The number of aryl methyl sites for hydroxylation is 2. The van der Waals surface area contributed by atoms with Gasteiger partial charge in [0.1, 0.15) is 5.01 Å². The molecular formula is C14H20N4O2S. The predicted octanol–water partition coefficient (Wildman–Crippen LogP) is 0.945. The topological polar surface area (TPSA) is 71.2 Å². The number of aromatic nitrogens is 3. The van der Waals surface area contributed by atoms with E-state index in [1.807, 2.05) is 31.2 Å². The number of likely N-dealkylation sites (N-methyl/N-ethyl adjacent to an activating group) is 1. The van der Waals surface area contributed by atoms with E-state index in [1.165, 1.54) is 16.0 Å². The van der Waals surface area contributed by atoms with E-state index in [9.17, 15) is 4.79 Å². The molecule has 0 aliphatic heterocycles. The zero-order valence-electron chi connectivity index (χ0n) is 12.8. The summed E-state index contributed by atoms with van der Waals surface area (Å²) in [7, 11) is 3.58. The van der Waals surface area contributed by atoms with Gasteiger partial charge in [-0.3, -0.25) is 9.69 Å². The van der Waals surface area contributed by atoms with Crippen molar-refractivity contribution in [2.24, 2.45) is 7.05 Å². The first-order chi connectivity index (χ1) is 9.93. The molecule has 21 heavy (non-hydrogen) atoms. The molecule has 0 unspecified atom stereocenters. The van der Waals surface area contributed by atoms with Gasteiger partial charge in [0, 0.05) is 25.5 Å². The van der Waals surface area contributed by atoms with Gasteiger partial charge >= 0.3 is 0 Å². The Morgan fingerprint density at radius 1 is 1.43 bits per heavy atom. The minimum atomic E-state index is -0.122. The summed E-state index contributed by atoms with van der Waals surface area (Å²) < 4.78 is 1.36. The van der Waals surface area contributed by atoms with Crippen LogP contribution in [0.3, 0.4) is 0 Å². The van der Waals surface area contributed by atoms with E-state index in [0.29, 0.717) is 18.7 Å². The Balaban J connectivity index is 2.36. The molecule has 7 heteroatoms. The molecule has 2 aromatic heterocycles. The van der Waals surface area contributed by atoms with Crippen LogP contribution in [0.4, 0.5) is 0 Å². The summed E-state index contributed by atoms with van der Waals surface area (Å²) in [5.41, 5.74) is 3.12. The molecule has 0 atom stereocenters. The Labute approximate surface area is 127 Å². The standard InChI is InChI=1S/C14H20N4O2S/c1-9-10(2)16-18(4)14(20)12(9)13-15-11(8-21-13)7-17(3)5-6-19/h8,19H,5-7H2,1-4H3. The van der Waals surface area contributed by atoms with Crippen LogP contribution in [0.25, 0.3) is 10.6 Å². The summed E-state index contributed by atoms with van der Waals surface area (Å²) >= 11 is 1.47. The minimum Gasteiger partial charge on any atom is -0.395 e. The molecule has 6 nitrogen and oxygen atoms in total. The Bertz CT molecular complexity index is 693. The van der Waals surface area contributed by atoms with Gasteiger partial charge in [-0.1, -0.05) is 0 Å². The van der Waals surface area contributed by atoms with Crippen molar-refractivity contribution in [3.63, 3.8) is 0 Å². The molecule has 0 bridgehead atoms. The number of hydrogen-bond acceptors (Lipinski definition) is 6.